The zero-order chi connectivity index (χ0) is 58.9. The van der Waals surface area contributed by atoms with Gasteiger partial charge in [0.2, 0.25) is 0 Å². The van der Waals surface area contributed by atoms with Crippen molar-refractivity contribution in [3.05, 3.63) is 214 Å². The summed E-state index contributed by atoms with van der Waals surface area (Å²) in [5.41, 5.74) is 17.6. The van der Waals surface area contributed by atoms with Crippen LogP contribution in [0.5, 0.6) is 23.0 Å². The lowest BCUT2D eigenvalue weighted by Gasteiger charge is -2.11. The molecule has 0 spiro atoms. The van der Waals surface area contributed by atoms with Gasteiger partial charge in [-0.15, -0.1) is 0 Å². The number of anilines is 3. The molecule has 0 aliphatic rings. The summed E-state index contributed by atoms with van der Waals surface area (Å²) >= 11 is 5.99. The van der Waals surface area contributed by atoms with E-state index in [0.717, 1.165) is 135 Å². The maximum atomic E-state index is 5.99. The Balaban J connectivity index is 0.000000141. The van der Waals surface area contributed by atoms with Crippen LogP contribution in [-0.4, -0.2) is 82.2 Å². The molecule has 426 valence electrons. The van der Waals surface area contributed by atoms with Crippen molar-refractivity contribution in [1.82, 2.24) is 53.8 Å². The normalized spacial score (nSPS) is 10.9. The highest BCUT2D eigenvalue weighted by atomic mass is 35.5. The first-order valence-electron chi connectivity index (χ1n) is 27.2. The number of pyridine rings is 2. The molecule has 0 saturated heterocycles. The number of nitrogens with one attached hydrogen (secondary N) is 3. The average Bonchev–Trinajstić information content (AvgIpc) is 4.20. The molecule has 19 heteroatoms. The summed E-state index contributed by atoms with van der Waals surface area (Å²) in [6, 6.07) is 43.6. The number of aryl methyl sites for hydroxylation is 6. The Hall–Kier alpha value is -10.1. The number of halogens is 1. The van der Waals surface area contributed by atoms with Crippen LogP contribution >= 0.6 is 11.6 Å². The van der Waals surface area contributed by atoms with Crippen molar-refractivity contribution in [1.29, 1.82) is 0 Å². The fraction of sp³-hybridized carbons (Fsp3) is 0.200. The van der Waals surface area contributed by atoms with Gasteiger partial charge < -0.3 is 34.9 Å². The van der Waals surface area contributed by atoms with Crippen LogP contribution in [0.1, 0.15) is 50.9 Å². The lowest BCUT2D eigenvalue weighted by Crippen LogP contribution is -2.07. The minimum Gasteiger partial charge on any atom is -0.497 e. The SMILES string of the molecule is COc1ccc(-c2c(C)nn3c(NCc4ccc(Cl)cc4)cc(C)nc23)cc1OC.COc1ccc(-c2c(C)nn3c(NCc4cccnc4)cc(C)nc23)cc1.COc1ccc(-c2c(C)nn3c(NCc4ccncc4)cc(C)nc23)cc1. The number of methoxy groups -OCH3 is 4. The molecule has 0 fully saturated rings. The van der Waals surface area contributed by atoms with E-state index in [1.54, 1.807) is 47.0 Å². The molecule has 12 rings (SSSR count). The lowest BCUT2D eigenvalue weighted by atomic mass is 10.1. The van der Waals surface area contributed by atoms with Crippen molar-refractivity contribution < 1.29 is 18.9 Å². The zero-order valence-corrected chi connectivity index (χ0v) is 49.3. The van der Waals surface area contributed by atoms with Gasteiger partial charge in [-0.2, -0.15) is 28.8 Å². The Bertz CT molecular complexity index is 4030. The van der Waals surface area contributed by atoms with Gasteiger partial charge in [-0.05, 0) is 142 Å². The number of rotatable bonds is 16. The van der Waals surface area contributed by atoms with E-state index in [2.05, 4.69) is 25.9 Å². The highest BCUT2D eigenvalue weighted by Gasteiger charge is 2.20. The van der Waals surface area contributed by atoms with Crippen LogP contribution < -0.4 is 34.9 Å². The first-order valence-corrected chi connectivity index (χ1v) is 27.5. The molecule has 3 N–H and O–H groups in total. The smallest absolute Gasteiger partial charge is 0.165 e. The number of benzene rings is 4. The number of nitrogens with zero attached hydrogens (tertiary/aromatic N) is 11. The van der Waals surface area contributed by atoms with E-state index < -0.39 is 0 Å². The Morgan fingerprint density at radius 3 is 1.24 bits per heavy atom. The van der Waals surface area contributed by atoms with Crippen LogP contribution in [-0.2, 0) is 19.6 Å². The van der Waals surface area contributed by atoms with Gasteiger partial charge in [0.25, 0.3) is 0 Å². The van der Waals surface area contributed by atoms with E-state index in [0.29, 0.717) is 31.1 Å². The topological polar surface area (TPSA) is 189 Å². The van der Waals surface area contributed by atoms with E-state index in [1.165, 1.54) is 0 Å². The molecular formula is C65H65ClN14O4. The highest BCUT2D eigenvalue weighted by molar-refractivity contribution is 6.30. The van der Waals surface area contributed by atoms with E-state index in [-0.39, 0.29) is 0 Å². The predicted molar refractivity (Wildman–Crippen MR) is 332 cm³/mol. The summed E-state index contributed by atoms with van der Waals surface area (Å²) in [7, 11) is 6.59. The monoisotopic (exact) mass is 1140 g/mol. The molecule has 0 radical (unpaired) electrons. The van der Waals surface area contributed by atoms with Gasteiger partial charge in [0.15, 0.2) is 28.4 Å². The second-order valence-electron chi connectivity index (χ2n) is 19.9. The second-order valence-corrected chi connectivity index (χ2v) is 20.3. The van der Waals surface area contributed by atoms with Gasteiger partial charge in [0, 0.05) is 101 Å². The maximum absolute atomic E-state index is 5.99. The average molecular weight is 1140 g/mol. The molecule has 0 atom stereocenters. The molecule has 0 aliphatic heterocycles. The summed E-state index contributed by atoms with van der Waals surface area (Å²) in [4.78, 5) is 22.5. The largest absolute Gasteiger partial charge is 0.497 e. The van der Waals surface area contributed by atoms with Crippen molar-refractivity contribution in [2.24, 2.45) is 0 Å². The Kier molecular flexibility index (Phi) is 17.6. The van der Waals surface area contributed by atoms with E-state index in [4.69, 9.17) is 60.8 Å². The summed E-state index contributed by atoms with van der Waals surface area (Å²) in [6.07, 6.45) is 7.22. The third-order valence-electron chi connectivity index (χ3n) is 13.9. The number of hydrogen-bond donors (Lipinski definition) is 3. The lowest BCUT2D eigenvalue weighted by molar-refractivity contribution is 0.355. The van der Waals surface area contributed by atoms with Gasteiger partial charge in [-0.3, -0.25) is 9.97 Å². The third kappa shape index (κ3) is 12.8. The van der Waals surface area contributed by atoms with Crippen molar-refractivity contribution in [2.45, 2.75) is 61.2 Å². The van der Waals surface area contributed by atoms with Gasteiger partial charge in [-0.1, -0.05) is 60.1 Å². The summed E-state index contributed by atoms with van der Waals surface area (Å²) in [5, 5.41) is 25.3. The fourth-order valence-electron chi connectivity index (χ4n) is 9.82. The Morgan fingerprint density at radius 2 is 0.821 bits per heavy atom. The van der Waals surface area contributed by atoms with Gasteiger partial charge in [0.05, 0.1) is 45.5 Å². The molecule has 0 bridgehead atoms. The van der Waals surface area contributed by atoms with Crippen LogP contribution in [0.2, 0.25) is 5.02 Å². The number of hydrogen-bond acceptors (Lipinski definition) is 15. The first-order chi connectivity index (χ1) is 40.8. The van der Waals surface area contributed by atoms with Gasteiger partial charge >= 0.3 is 0 Å². The molecule has 84 heavy (non-hydrogen) atoms. The van der Waals surface area contributed by atoms with Crippen molar-refractivity contribution in [2.75, 3.05) is 44.4 Å². The van der Waals surface area contributed by atoms with Crippen LogP contribution in [0, 0.1) is 41.5 Å². The van der Waals surface area contributed by atoms with Crippen LogP contribution in [0.4, 0.5) is 17.5 Å². The molecule has 12 aromatic rings. The van der Waals surface area contributed by atoms with Crippen LogP contribution in [0.3, 0.4) is 0 Å². The quantitative estimate of drug-likeness (QED) is 0.0828. The van der Waals surface area contributed by atoms with Crippen molar-refractivity contribution in [3.8, 4) is 56.4 Å². The number of aromatic nitrogens is 11. The number of ether oxygens (including phenoxy) is 4. The molecule has 4 aromatic carbocycles. The molecule has 0 saturated carbocycles. The standard InChI is InChI=1S/C23H23ClN4O2.2C21H21N5O/c1-14-11-21(25-13-16-5-8-18(24)9-6-16)28-23(26-14)22(15(2)27-28)17-7-10-19(29-3)20(12-17)30-4;1-14-12-19(23-13-16-8-10-22-11-9-16)26-21(24-14)20(15(2)25-26)17-4-6-18(27-3)7-5-17;1-14-11-19(23-13-16-5-4-10-22-12-16)26-21(24-14)20(15(2)25-26)17-6-8-18(27-3)9-7-17/h5-12,25H,13H2,1-4H3;2*4-12,23H,13H2,1-3H3. The molecular weight excluding hydrogens is 1080 g/mol. The first kappa shape index (κ1) is 57.2. The van der Waals surface area contributed by atoms with E-state index in [9.17, 15) is 0 Å². The second kappa shape index (κ2) is 25.8. The van der Waals surface area contributed by atoms with E-state index in [1.807, 2.05) is 195 Å². The maximum Gasteiger partial charge on any atom is 0.165 e. The van der Waals surface area contributed by atoms with Crippen molar-refractivity contribution in [3.63, 3.8) is 0 Å². The molecule has 18 nitrogen and oxygen atoms in total. The zero-order valence-electron chi connectivity index (χ0n) is 48.6. The highest BCUT2D eigenvalue weighted by Crippen LogP contribution is 2.37. The van der Waals surface area contributed by atoms with E-state index >= 15 is 0 Å². The summed E-state index contributed by atoms with van der Waals surface area (Å²) in [6.45, 7) is 14.0. The summed E-state index contributed by atoms with van der Waals surface area (Å²) in [5.74, 6) is 5.71. The van der Waals surface area contributed by atoms with Crippen LogP contribution in [0.25, 0.3) is 50.3 Å². The minimum absolute atomic E-state index is 0.653. The minimum atomic E-state index is 0.653. The Labute approximate surface area is 492 Å². The third-order valence-corrected chi connectivity index (χ3v) is 14.2. The molecule has 0 amide bonds. The molecule has 0 aliphatic carbocycles. The predicted octanol–water partition coefficient (Wildman–Crippen LogP) is 13.4. The number of fused-ring (bicyclic) bond motifs is 3. The summed E-state index contributed by atoms with van der Waals surface area (Å²) < 4.78 is 27.0. The fourth-order valence-corrected chi connectivity index (χ4v) is 9.94. The van der Waals surface area contributed by atoms with Crippen molar-refractivity contribution >= 4 is 46.0 Å². The molecule has 8 heterocycles. The molecule has 0 unspecified atom stereocenters. The van der Waals surface area contributed by atoms with Gasteiger partial charge in [0.1, 0.15) is 29.0 Å². The Morgan fingerprint density at radius 1 is 0.405 bits per heavy atom. The molecule has 8 aromatic heterocycles. The van der Waals surface area contributed by atoms with Crippen LogP contribution in [0.15, 0.2) is 158 Å². The van der Waals surface area contributed by atoms with Gasteiger partial charge in [-0.25, -0.2) is 15.0 Å².